The largest absolute Gasteiger partial charge is 0.355 e. The van der Waals surface area contributed by atoms with E-state index in [0.717, 1.165) is 0 Å². The second-order valence-electron chi connectivity index (χ2n) is 6.24. The molecule has 2 rings (SSSR count). The van der Waals surface area contributed by atoms with Crippen molar-refractivity contribution < 1.29 is 22.8 Å². The summed E-state index contributed by atoms with van der Waals surface area (Å²) in [7, 11) is -3.74. The number of benzene rings is 2. The number of Topliss-reactive ketones (excluding diaryl/α,β-unsaturated/α-hetero) is 1. The van der Waals surface area contributed by atoms with Crippen molar-refractivity contribution in [2.24, 2.45) is 0 Å². The quantitative estimate of drug-likeness (QED) is 0.530. The Labute approximate surface area is 169 Å². The summed E-state index contributed by atoms with van der Waals surface area (Å²) in [5.74, 6) is -0.811. The molecule has 2 aromatic rings. The van der Waals surface area contributed by atoms with Crippen LogP contribution in [0.25, 0.3) is 0 Å². The fourth-order valence-electron chi connectivity index (χ4n) is 2.43. The van der Waals surface area contributed by atoms with E-state index in [2.05, 4.69) is 15.4 Å². The van der Waals surface area contributed by atoms with Gasteiger partial charge in [0.15, 0.2) is 5.78 Å². The van der Waals surface area contributed by atoms with Gasteiger partial charge in [0.2, 0.25) is 15.9 Å². The summed E-state index contributed by atoms with van der Waals surface area (Å²) in [6.45, 7) is 3.61. The standard InChI is InChI=1S/C20H23N3O5S/c1-3-21-19(25)13-22-20(26)17-6-4-15(5-7-17)12-23-29(27,28)18-10-8-16(9-11-18)14(2)24/h4-11,23H,3,12-13H2,1-2H3,(H,21,25)(H,22,26). The lowest BCUT2D eigenvalue weighted by atomic mass is 10.1. The number of likely N-dealkylation sites (N-methyl/N-ethyl adjacent to an activating group) is 1. The molecule has 0 saturated heterocycles. The van der Waals surface area contributed by atoms with Crippen molar-refractivity contribution in [1.29, 1.82) is 0 Å². The maximum atomic E-state index is 12.4. The number of ketones is 1. The molecule has 0 unspecified atom stereocenters. The number of nitrogens with one attached hydrogen (secondary N) is 3. The Morgan fingerprint density at radius 1 is 0.862 bits per heavy atom. The fraction of sp³-hybridized carbons (Fsp3) is 0.250. The third-order valence-electron chi connectivity index (χ3n) is 4.04. The molecule has 3 N–H and O–H groups in total. The highest BCUT2D eigenvalue weighted by Gasteiger charge is 2.14. The normalized spacial score (nSPS) is 11.0. The molecular formula is C20H23N3O5S. The van der Waals surface area contributed by atoms with Crippen molar-refractivity contribution in [3.05, 3.63) is 65.2 Å². The van der Waals surface area contributed by atoms with E-state index in [-0.39, 0.29) is 29.7 Å². The Bertz CT molecular complexity index is 984. The molecular weight excluding hydrogens is 394 g/mol. The first-order valence-electron chi connectivity index (χ1n) is 8.97. The van der Waals surface area contributed by atoms with E-state index in [1.54, 1.807) is 31.2 Å². The van der Waals surface area contributed by atoms with Crippen LogP contribution in [-0.2, 0) is 21.4 Å². The fourth-order valence-corrected chi connectivity index (χ4v) is 3.44. The molecule has 0 saturated carbocycles. The number of amides is 2. The van der Waals surface area contributed by atoms with Crippen LogP contribution in [0.5, 0.6) is 0 Å². The zero-order valence-corrected chi connectivity index (χ0v) is 17.0. The minimum absolute atomic E-state index is 0.0393. The van der Waals surface area contributed by atoms with Crippen LogP contribution < -0.4 is 15.4 Å². The van der Waals surface area contributed by atoms with Crippen LogP contribution in [0.3, 0.4) is 0 Å². The Morgan fingerprint density at radius 3 is 2.00 bits per heavy atom. The van der Waals surface area contributed by atoms with Crippen molar-refractivity contribution in [1.82, 2.24) is 15.4 Å². The van der Waals surface area contributed by atoms with E-state index < -0.39 is 15.9 Å². The molecule has 0 heterocycles. The third kappa shape index (κ3) is 6.51. The monoisotopic (exact) mass is 417 g/mol. The van der Waals surface area contributed by atoms with Gasteiger partial charge in [-0.05, 0) is 43.7 Å². The molecule has 2 amide bonds. The number of sulfonamides is 1. The van der Waals surface area contributed by atoms with Crippen molar-refractivity contribution in [3.8, 4) is 0 Å². The SMILES string of the molecule is CCNC(=O)CNC(=O)c1ccc(CNS(=O)(=O)c2ccc(C(C)=O)cc2)cc1. The predicted molar refractivity (Wildman–Crippen MR) is 108 cm³/mol. The van der Waals surface area contributed by atoms with Gasteiger partial charge < -0.3 is 10.6 Å². The maximum absolute atomic E-state index is 12.4. The van der Waals surface area contributed by atoms with E-state index in [9.17, 15) is 22.8 Å². The van der Waals surface area contributed by atoms with Gasteiger partial charge in [0.25, 0.3) is 5.91 Å². The second-order valence-corrected chi connectivity index (χ2v) is 8.01. The second kappa shape index (κ2) is 9.94. The summed E-state index contributed by atoms with van der Waals surface area (Å²) in [6.07, 6.45) is 0. The molecule has 0 aliphatic rings. The summed E-state index contributed by atoms with van der Waals surface area (Å²) in [6, 6.07) is 12.0. The van der Waals surface area contributed by atoms with Crippen molar-refractivity contribution >= 4 is 27.6 Å². The molecule has 0 spiro atoms. The van der Waals surface area contributed by atoms with Crippen molar-refractivity contribution in [3.63, 3.8) is 0 Å². The molecule has 0 bridgehead atoms. The lowest BCUT2D eigenvalue weighted by Gasteiger charge is -2.09. The zero-order valence-electron chi connectivity index (χ0n) is 16.2. The first-order chi connectivity index (χ1) is 13.7. The van der Waals surface area contributed by atoms with Crippen LogP contribution >= 0.6 is 0 Å². The smallest absolute Gasteiger partial charge is 0.251 e. The molecule has 0 aliphatic carbocycles. The Balaban J connectivity index is 1.94. The Hall–Kier alpha value is -3.04. The maximum Gasteiger partial charge on any atom is 0.251 e. The average Bonchev–Trinajstić information content (AvgIpc) is 2.71. The highest BCUT2D eigenvalue weighted by atomic mass is 32.2. The molecule has 0 aromatic heterocycles. The lowest BCUT2D eigenvalue weighted by Crippen LogP contribution is -2.36. The van der Waals surface area contributed by atoms with Crippen LogP contribution in [0, 0.1) is 0 Å². The van der Waals surface area contributed by atoms with Gasteiger partial charge in [-0.15, -0.1) is 0 Å². The molecule has 0 atom stereocenters. The Kier molecular flexibility index (Phi) is 7.63. The van der Waals surface area contributed by atoms with E-state index in [0.29, 0.717) is 23.2 Å². The van der Waals surface area contributed by atoms with Crippen LogP contribution in [0.15, 0.2) is 53.4 Å². The summed E-state index contributed by atoms with van der Waals surface area (Å²) < 4.78 is 27.2. The highest BCUT2D eigenvalue weighted by molar-refractivity contribution is 7.89. The van der Waals surface area contributed by atoms with Crippen molar-refractivity contribution in [2.75, 3.05) is 13.1 Å². The van der Waals surface area contributed by atoms with Gasteiger partial charge in [-0.1, -0.05) is 24.3 Å². The number of carbonyl (C=O) groups is 3. The topological polar surface area (TPSA) is 121 Å². The van der Waals surface area contributed by atoms with E-state index in [1.807, 2.05) is 0 Å². The minimum atomic E-state index is -3.74. The molecule has 2 aromatic carbocycles. The van der Waals surface area contributed by atoms with Gasteiger partial charge in [-0.25, -0.2) is 13.1 Å². The first-order valence-corrected chi connectivity index (χ1v) is 10.5. The van der Waals surface area contributed by atoms with Gasteiger partial charge >= 0.3 is 0 Å². The zero-order chi connectivity index (χ0) is 21.4. The highest BCUT2D eigenvalue weighted by Crippen LogP contribution is 2.12. The van der Waals surface area contributed by atoms with Crippen LogP contribution in [0.2, 0.25) is 0 Å². The number of hydrogen-bond acceptors (Lipinski definition) is 5. The molecule has 154 valence electrons. The van der Waals surface area contributed by atoms with Crippen LogP contribution in [0.1, 0.15) is 40.1 Å². The van der Waals surface area contributed by atoms with E-state index >= 15 is 0 Å². The van der Waals surface area contributed by atoms with Gasteiger partial charge in [0.05, 0.1) is 11.4 Å². The number of hydrogen-bond donors (Lipinski definition) is 3. The Morgan fingerprint density at radius 2 is 1.45 bits per heavy atom. The number of rotatable bonds is 9. The molecule has 8 nitrogen and oxygen atoms in total. The number of carbonyl (C=O) groups excluding carboxylic acids is 3. The summed E-state index contributed by atoms with van der Waals surface area (Å²) in [5, 5.41) is 5.09. The molecule has 0 aliphatic heterocycles. The first kappa shape index (κ1) is 22.3. The minimum Gasteiger partial charge on any atom is -0.355 e. The van der Waals surface area contributed by atoms with Crippen molar-refractivity contribution in [2.45, 2.75) is 25.3 Å². The van der Waals surface area contributed by atoms with Crippen LogP contribution in [0.4, 0.5) is 0 Å². The summed E-state index contributed by atoms with van der Waals surface area (Å²) in [5.41, 5.74) is 1.46. The summed E-state index contributed by atoms with van der Waals surface area (Å²) >= 11 is 0. The summed E-state index contributed by atoms with van der Waals surface area (Å²) in [4.78, 5) is 34.7. The lowest BCUT2D eigenvalue weighted by molar-refractivity contribution is -0.120. The van der Waals surface area contributed by atoms with E-state index in [1.165, 1.54) is 31.2 Å². The molecule has 9 heteroatoms. The van der Waals surface area contributed by atoms with Crippen LogP contribution in [-0.4, -0.2) is 39.1 Å². The van der Waals surface area contributed by atoms with Gasteiger partial charge in [0.1, 0.15) is 0 Å². The predicted octanol–water partition coefficient (Wildman–Crippen LogP) is 1.23. The average molecular weight is 417 g/mol. The van der Waals surface area contributed by atoms with Gasteiger partial charge in [-0.3, -0.25) is 14.4 Å². The molecule has 0 fully saturated rings. The molecule has 0 radical (unpaired) electrons. The molecule has 29 heavy (non-hydrogen) atoms. The third-order valence-corrected chi connectivity index (χ3v) is 5.45. The van der Waals surface area contributed by atoms with Gasteiger partial charge in [-0.2, -0.15) is 0 Å². The van der Waals surface area contributed by atoms with Gasteiger partial charge in [0, 0.05) is 24.2 Å². The van der Waals surface area contributed by atoms with E-state index in [4.69, 9.17) is 0 Å².